The third-order valence-electron chi connectivity index (χ3n) is 7.62. The van der Waals surface area contributed by atoms with E-state index < -0.39 is 10.0 Å². The number of hydrogen-bond donors (Lipinski definition) is 4. The van der Waals surface area contributed by atoms with Crippen LogP contribution in [0.1, 0.15) is 61.2 Å². The predicted molar refractivity (Wildman–Crippen MR) is 143 cm³/mol. The van der Waals surface area contributed by atoms with Crippen LogP contribution in [0.4, 0.5) is 5.69 Å². The van der Waals surface area contributed by atoms with Crippen LogP contribution in [-0.4, -0.2) is 63.0 Å². The molecule has 3 heterocycles. The maximum Gasteiger partial charge on any atom is 0.256 e. The van der Waals surface area contributed by atoms with E-state index in [1.165, 1.54) is 42.8 Å². The average molecular weight is 512 g/mol. The topological polar surface area (TPSA) is 106 Å². The summed E-state index contributed by atoms with van der Waals surface area (Å²) >= 11 is 0. The van der Waals surface area contributed by atoms with Crippen LogP contribution in [0, 0.1) is 0 Å². The first kappa shape index (κ1) is 25.2. The Morgan fingerprint density at radius 3 is 2.64 bits per heavy atom. The summed E-state index contributed by atoms with van der Waals surface area (Å²) in [5.41, 5.74) is 6.78. The van der Waals surface area contributed by atoms with Crippen LogP contribution in [0.15, 0.2) is 23.1 Å². The average Bonchev–Trinajstić information content (AvgIpc) is 3.35. The number of hydrogen-bond acceptors (Lipinski definition) is 5. The van der Waals surface area contributed by atoms with Gasteiger partial charge in [-0.25, -0.2) is 13.1 Å². The number of rotatable bonds is 7. The van der Waals surface area contributed by atoms with Gasteiger partial charge in [-0.1, -0.05) is 0 Å². The van der Waals surface area contributed by atoms with E-state index in [9.17, 15) is 13.2 Å². The van der Waals surface area contributed by atoms with Crippen molar-refractivity contribution in [2.45, 2.75) is 69.4 Å². The molecule has 2 atom stereocenters. The summed E-state index contributed by atoms with van der Waals surface area (Å²) in [6, 6.07) is 5.78. The number of amides is 1. The maximum atomic E-state index is 12.9. The second-order valence-electron chi connectivity index (χ2n) is 10.4. The van der Waals surface area contributed by atoms with E-state index in [2.05, 4.69) is 39.1 Å². The number of benzene rings is 1. The van der Waals surface area contributed by atoms with Crippen molar-refractivity contribution in [3.8, 4) is 0 Å². The van der Waals surface area contributed by atoms with Crippen LogP contribution in [0.2, 0.25) is 0 Å². The third-order valence-corrected chi connectivity index (χ3v) is 9.03. The number of nitrogens with zero attached hydrogens (tertiary/aromatic N) is 1. The number of carbonyl (C=O) groups excluding carboxylic acids is 1. The Morgan fingerprint density at radius 1 is 1.14 bits per heavy atom. The highest BCUT2D eigenvalue weighted by Crippen LogP contribution is 2.37. The van der Waals surface area contributed by atoms with E-state index in [1.807, 2.05) is 6.08 Å². The summed E-state index contributed by atoms with van der Waals surface area (Å²) in [6.07, 6.45) is 8.42. The monoisotopic (exact) mass is 511 g/mol. The minimum absolute atomic E-state index is 0.150. The fourth-order valence-corrected chi connectivity index (χ4v) is 6.78. The van der Waals surface area contributed by atoms with Gasteiger partial charge in [0.2, 0.25) is 10.0 Å². The zero-order valence-electron chi connectivity index (χ0n) is 21.4. The molecule has 3 aliphatic rings. The first-order valence-electron chi connectivity index (χ1n) is 13.1. The van der Waals surface area contributed by atoms with Gasteiger partial charge in [-0.2, -0.15) is 0 Å². The molecule has 0 bridgehead atoms. The zero-order chi connectivity index (χ0) is 25.4. The van der Waals surface area contributed by atoms with Crippen molar-refractivity contribution >= 4 is 33.3 Å². The molecule has 2 aromatic rings. The summed E-state index contributed by atoms with van der Waals surface area (Å²) < 4.78 is 27.1. The number of nitrogens with one attached hydrogen (secondary N) is 4. The van der Waals surface area contributed by atoms with E-state index in [1.54, 1.807) is 12.1 Å². The molecule has 1 aromatic heterocycles. The van der Waals surface area contributed by atoms with Crippen LogP contribution in [0.25, 0.3) is 11.6 Å². The molecular weight excluding hydrogens is 474 g/mol. The number of piperazine rings is 1. The summed E-state index contributed by atoms with van der Waals surface area (Å²) in [7, 11) is -2.22. The highest BCUT2D eigenvalue weighted by Gasteiger charge is 2.28. The fraction of sp³-hybridized carbons (Fsp3) is 0.519. The van der Waals surface area contributed by atoms with Gasteiger partial charge in [0.15, 0.2) is 0 Å². The molecule has 0 spiro atoms. The Labute approximate surface area is 214 Å². The van der Waals surface area contributed by atoms with Crippen molar-refractivity contribution in [1.82, 2.24) is 19.9 Å². The van der Waals surface area contributed by atoms with Crippen molar-refractivity contribution in [1.29, 1.82) is 0 Å². The Morgan fingerprint density at radius 2 is 1.89 bits per heavy atom. The molecule has 9 heteroatoms. The molecule has 36 heavy (non-hydrogen) atoms. The Balaban J connectivity index is 1.44. The van der Waals surface area contributed by atoms with E-state index in [4.69, 9.17) is 0 Å². The first-order chi connectivity index (χ1) is 17.2. The molecule has 194 valence electrons. The van der Waals surface area contributed by atoms with Crippen LogP contribution >= 0.6 is 0 Å². The van der Waals surface area contributed by atoms with Crippen LogP contribution in [0.5, 0.6) is 0 Å². The van der Waals surface area contributed by atoms with Gasteiger partial charge < -0.3 is 20.5 Å². The lowest BCUT2D eigenvalue weighted by Gasteiger charge is -2.36. The second kappa shape index (κ2) is 10.1. The normalized spacial score (nSPS) is 23.5. The molecule has 1 saturated heterocycles. The second-order valence-corrected chi connectivity index (χ2v) is 12.3. The number of anilines is 1. The lowest BCUT2D eigenvalue weighted by atomic mass is 9.92. The minimum atomic E-state index is -3.61. The van der Waals surface area contributed by atoms with Crippen LogP contribution in [-0.2, 0) is 34.1 Å². The van der Waals surface area contributed by atoms with E-state index in [0.29, 0.717) is 28.9 Å². The molecule has 2 aliphatic heterocycles. The molecule has 5 rings (SSSR count). The molecule has 1 aliphatic carbocycles. The van der Waals surface area contributed by atoms with Gasteiger partial charge >= 0.3 is 0 Å². The van der Waals surface area contributed by atoms with Crippen molar-refractivity contribution in [3.63, 3.8) is 0 Å². The van der Waals surface area contributed by atoms with E-state index >= 15 is 0 Å². The first-order valence-corrected chi connectivity index (χ1v) is 14.6. The lowest BCUT2D eigenvalue weighted by molar-refractivity contribution is -0.110. The minimum Gasteiger partial charge on any atom is -0.358 e. The van der Waals surface area contributed by atoms with E-state index in [0.717, 1.165) is 51.0 Å². The summed E-state index contributed by atoms with van der Waals surface area (Å²) in [5, 5.41) is 6.49. The molecule has 0 radical (unpaired) electrons. The number of aromatic nitrogens is 1. The number of aromatic amines is 1. The van der Waals surface area contributed by atoms with Gasteiger partial charge in [-0.15, -0.1) is 0 Å². The van der Waals surface area contributed by atoms with Crippen LogP contribution < -0.4 is 15.4 Å². The lowest BCUT2D eigenvalue weighted by Crippen LogP contribution is -2.54. The fourth-order valence-electron chi connectivity index (χ4n) is 6.03. The number of H-pyrrole nitrogens is 1. The Hall–Kier alpha value is -2.46. The number of carbonyl (C=O) groups is 1. The molecular formula is C27H37N5O3S. The molecule has 8 nitrogen and oxygen atoms in total. The van der Waals surface area contributed by atoms with Gasteiger partial charge in [-0.3, -0.25) is 4.79 Å². The molecule has 1 aromatic carbocycles. The zero-order valence-corrected chi connectivity index (χ0v) is 22.2. The number of aryl methyl sites for hydroxylation is 1. The van der Waals surface area contributed by atoms with Gasteiger partial charge in [-0.05, 0) is 101 Å². The third kappa shape index (κ3) is 5.02. The SMILES string of the molecule is CNS(=O)(=O)c1ccc2c(c1)/C(=C/c1[nH]c3c(c1CCCN1CC(C)NC(C)C1)CCCC3)C(=O)N2. The van der Waals surface area contributed by atoms with Gasteiger partial charge in [0.25, 0.3) is 5.91 Å². The van der Waals surface area contributed by atoms with Gasteiger partial charge in [0.1, 0.15) is 0 Å². The molecule has 1 amide bonds. The highest BCUT2D eigenvalue weighted by atomic mass is 32.2. The quantitative estimate of drug-likeness (QED) is 0.428. The highest BCUT2D eigenvalue weighted by molar-refractivity contribution is 7.89. The Kier molecular flexibility index (Phi) is 7.09. The van der Waals surface area contributed by atoms with Crippen molar-refractivity contribution in [2.75, 3.05) is 32.0 Å². The smallest absolute Gasteiger partial charge is 0.256 e. The molecule has 2 unspecified atom stereocenters. The number of sulfonamides is 1. The Bertz CT molecular complexity index is 1290. The van der Waals surface area contributed by atoms with Gasteiger partial charge in [0, 0.05) is 47.8 Å². The van der Waals surface area contributed by atoms with Crippen molar-refractivity contribution in [3.05, 3.63) is 46.3 Å². The molecule has 1 fully saturated rings. The van der Waals surface area contributed by atoms with E-state index in [-0.39, 0.29) is 10.8 Å². The standard InChI is InChI=1S/C27H37N5O3S/c1-17-15-32(16-18(2)29-17)12-6-8-21-20-7-4-5-9-24(20)30-26(21)14-23-22-13-19(36(34,35)28-3)10-11-25(22)31-27(23)33/h10-11,13-14,17-18,28-30H,4-9,12,15-16H2,1-3H3,(H,31,33)/b23-14-. The van der Waals surface area contributed by atoms with Crippen molar-refractivity contribution < 1.29 is 13.2 Å². The molecule has 4 N–H and O–H groups in total. The predicted octanol–water partition coefficient (Wildman–Crippen LogP) is 2.91. The number of fused-ring (bicyclic) bond motifs is 2. The van der Waals surface area contributed by atoms with Crippen LogP contribution in [0.3, 0.4) is 0 Å². The summed E-state index contributed by atoms with van der Waals surface area (Å²) in [6.45, 7) is 7.68. The van der Waals surface area contributed by atoms with Gasteiger partial charge in [0.05, 0.1) is 10.5 Å². The largest absolute Gasteiger partial charge is 0.358 e. The summed E-state index contributed by atoms with van der Waals surface area (Å²) in [5.74, 6) is -0.202. The maximum absolute atomic E-state index is 12.9. The van der Waals surface area contributed by atoms with Crippen molar-refractivity contribution in [2.24, 2.45) is 0 Å². The summed E-state index contributed by atoms with van der Waals surface area (Å²) in [4.78, 5) is 19.3. The molecule has 0 saturated carbocycles.